The Bertz CT molecular complexity index is 480. The molecule has 0 aliphatic carbocycles. The number of benzene rings is 1. The molecule has 0 saturated heterocycles. The Balaban J connectivity index is 3.30. The lowest BCUT2D eigenvalue weighted by molar-refractivity contribution is -0.274. The van der Waals surface area contributed by atoms with Crippen molar-refractivity contribution in [2.24, 2.45) is 10.7 Å². The maximum absolute atomic E-state index is 12.2. The van der Waals surface area contributed by atoms with Crippen LogP contribution in [-0.4, -0.2) is 18.1 Å². The molecule has 2 N–H and O–H groups in total. The number of alkyl halides is 4. The van der Waals surface area contributed by atoms with Crippen molar-refractivity contribution in [3.8, 4) is 5.75 Å². The van der Waals surface area contributed by atoms with Crippen molar-refractivity contribution in [1.29, 1.82) is 0 Å². The van der Waals surface area contributed by atoms with E-state index >= 15 is 0 Å². The topological polar surface area (TPSA) is 47.6 Å². The van der Waals surface area contributed by atoms with Crippen LogP contribution >= 0.6 is 43.5 Å². The number of halogens is 6. The average Bonchev–Trinajstić information content (AvgIpc) is 2.20. The van der Waals surface area contributed by atoms with Gasteiger partial charge in [-0.25, -0.2) is 4.99 Å². The van der Waals surface area contributed by atoms with E-state index in [2.05, 4.69) is 41.6 Å². The molecule has 100 valence electrons. The Morgan fingerprint density at radius 1 is 1.39 bits per heavy atom. The van der Waals surface area contributed by atoms with Crippen molar-refractivity contribution >= 4 is 55.0 Å². The Kier molecular flexibility index (Phi) is 5.30. The van der Waals surface area contributed by atoms with Gasteiger partial charge < -0.3 is 10.5 Å². The molecule has 1 aromatic rings. The van der Waals surface area contributed by atoms with E-state index in [1.165, 1.54) is 6.07 Å². The highest BCUT2D eigenvalue weighted by atomic mass is 79.9. The summed E-state index contributed by atoms with van der Waals surface area (Å²) < 4.78 is 41.3. The molecule has 0 radical (unpaired) electrons. The van der Waals surface area contributed by atoms with Gasteiger partial charge in [-0.15, -0.1) is 24.8 Å². The van der Waals surface area contributed by atoms with Crippen molar-refractivity contribution in [3.63, 3.8) is 0 Å². The van der Waals surface area contributed by atoms with E-state index in [9.17, 15) is 13.2 Å². The maximum atomic E-state index is 12.2. The number of amidine groups is 1. The van der Waals surface area contributed by atoms with Crippen molar-refractivity contribution in [3.05, 3.63) is 21.1 Å². The summed E-state index contributed by atoms with van der Waals surface area (Å²) in [5.41, 5.74) is 5.32. The first kappa shape index (κ1) is 15.6. The molecule has 0 saturated carbocycles. The SMILES string of the molecule is NC(CCl)=Nc1c(Br)cc(Br)cc1OC(F)(F)F. The minimum absolute atomic E-state index is 0.0216. The third-order valence-corrected chi connectivity index (χ3v) is 2.95. The second-order valence-electron chi connectivity index (χ2n) is 3.02. The molecule has 0 spiro atoms. The predicted molar refractivity (Wildman–Crippen MR) is 70.5 cm³/mol. The van der Waals surface area contributed by atoms with Gasteiger partial charge in [-0.2, -0.15) is 0 Å². The number of hydrogen-bond acceptors (Lipinski definition) is 2. The number of aliphatic imine (C=N–C) groups is 1. The first-order valence-electron chi connectivity index (χ1n) is 4.36. The summed E-state index contributed by atoms with van der Waals surface area (Å²) in [4.78, 5) is 3.77. The predicted octanol–water partition coefficient (Wildman–Crippen LogP) is 4.34. The maximum Gasteiger partial charge on any atom is 0.573 e. The van der Waals surface area contributed by atoms with Gasteiger partial charge in [0.05, 0.1) is 5.88 Å². The molecule has 1 rings (SSSR count). The molecular formula is C9H6Br2ClF3N2O. The summed E-state index contributed by atoms with van der Waals surface area (Å²) >= 11 is 11.6. The van der Waals surface area contributed by atoms with E-state index in [0.29, 0.717) is 8.95 Å². The van der Waals surface area contributed by atoms with Crippen LogP contribution in [0.15, 0.2) is 26.1 Å². The fraction of sp³-hybridized carbons (Fsp3) is 0.222. The lowest BCUT2D eigenvalue weighted by atomic mass is 10.3. The summed E-state index contributed by atoms with van der Waals surface area (Å²) in [6, 6.07) is 2.65. The highest BCUT2D eigenvalue weighted by Gasteiger charge is 2.32. The number of hydrogen-bond donors (Lipinski definition) is 1. The van der Waals surface area contributed by atoms with Gasteiger partial charge >= 0.3 is 6.36 Å². The smallest absolute Gasteiger partial charge is 0.403 e. The van der Waals surface area contributed by atoms with Gasteiger partial charge in [0.15, 0.2) is 5.75 Å². The third-order valence-electron chi connectivity index (χ3n) is 1.61. The first-order valence-corrected chi connectivity index (χ1v) is 6.49. The van der Waals surface area contributed by atoms with Crippen molar-refractivity contribution in [2.45, 2.75) is 6.36 Å². The van der Waals surface area contributed by atoms with E-state index < -0.39 is 12.1 Å². The number of ether oxygens (including phenoxy) is 1. The first-order chi connectivity index (χ1) is 8.23. The van der Waals surface area contributed by atoms with Gasteiger partial charge in [0.25, 0.3) is 0 Å². The van der Waals surface area contributed by atoms with Crippen LogP contribution in [0.2, 0.25) is 0 Å². The standard InChI is InChI=1S/C9H6Br2ClF3N2O/c10-4-1-5(11)8(17-7(16)3-12)6(2-4)18-9(13,14)15/h1-2H,3H2,(H2,16,17). The fourth-order valence-corrected chi connectivity index (χ4v) is 2.36. The zero-order valence-electron chi connectivity index (χ0n) is 8.56. The van der Waals surface area contributed by atoms with E-state index in [1.807, 2.05) is 0 Å². The summed E-state index contributed by atoms with van der Waals surface area (Å²) in [5.74, 6) is -0.600. The average molecular weight is 410 g/mol. The van der Waals surface area contributed by atoms with Gasteiger partial charge in [0.2, 0.25) is 0 Å². The molecule has 0 atom stereocenters. The summed E-state index contributed by atoms with van der Waals surface area (Å²) in [5, 5.41) is 0. The molecule has 3 nitrogen and oxygen atoms in total. The van der Waals surface area contributed by atoms with Gasteiger partial charge in [-0.3, -0.25) is 0 Å². The molecular weight excluding hydrogens is 404 g/mol. The molecule has 0 heterocycles. The van der Waals surface area contributed by atoms with Crippen LogP contribution in [0.3, 0.4) is 0 Å². The van der Waals surface area contributed by atoms with Crippen molar-refractivity contribution in [2.75, 3.05) is 5.88 Å². The lowest BCUT2D eigenvalue weighted by Crippen LogP contribution is -2.18. The van der Waals surface area contributed by atoms with Crippen LogP contribution in [0.5, 0.6) is 5.75 Å². The monoisotopic (exact) mass is 408 g/mol. The van der Waals surface area contributed by atoms with E-state index in [4.69, 9.17) is 17.3 Å². The molecule has 0 unspecified atom stereocenters. The summed E-state index contributed by atoms with van der Waals surface area (Å²) in [6.07, 6.45) is -4.82. The van der Waals surface area contributed by atoms with E-state index in [-0.39, 0.29) is 17.4 Å². The lowest BCUT2D eigenvalue weighted by Gasteiger charge is -2.13. The Morgan fingerprint density at radius 2 is 2.00 bits per heavy atom. The van der Waals surface area contributed by atoms with Gasteiger partial charge in [-0.1, -0.05) is 15.9 Å². The van der Waals surface area contributed by atoms with Crippen molar-refractivity contribution < 1.29 is 17.9 Å². The van der Waals surface area contributed by atoms with E-state index in [1.54, 1.807) is 0 Å². The van der Waals surface area contributed by atoms with E-state index in [0.717, 1.165) is 6.07 Å². The van der Waals surface area contributed by atoms with Crippen LogP contribution in [-0.2, 0) is 0 Å². The molecule has 0 amide bonds. The zero-order chi connectivity index (χ0) is 13.9. The molecule has 0 aliphatic heterocycles. The number of nitrogens with two attached hydrogens (primary N) is 1. The normalized spacial score (nSPS) is 12.7. The largest absolute Gasteiger partial charge is 0.573 e. The molecule has 0 fully saturated rings. The van der Waals surface area contributed by atoms with Crippen LogP contribution in [0.1, 0.15) is 0 Å². The zero-order valence-corrected chi connectivity index (χ0v) is 12.5. The molecule has 0 aromatic heterocycles. The van der Waals surface area contributed by atoms with Gasteiger partial charge in [-0.05, 0) is 28.1 Å². The second-order valence-corrected chi connectivity index (χ2v) is 5.06. The van der Waals surface area contributed by atoms with Crippen LogP contribution in [0.4, 0.5) is 18.9 Å². The molecule has 0 aliphatic rings. The summed E-state index contributed by atoms with van der Waals surface area (Å²) in [7, 11) is 0. The Hall–Kier alpha value is -0.470. The van der Waals surface area contributed by atoms with Crippen LogP contribution in [0, 0.1) is 0 Å². The minimum Gasteiger partial charge on any atom is -0.403 e. The second kappa shape index (κ2) is 6.12. The highest BCUT2D eigenvalue weighted by molar-refractivity contribution is 9.11. The minimum atomic E-state index is -4.82. The molecule has 9 heteroatoms. The fourth-order valence-electron chi connectivity index (χ4n) is 1.03. The van der Waals surface area contributed by atoms with Crippen molar-refractivity contribution in [1.82, 2.24) is 0 Å². The number of nitrogens with zero attached hydrogens (tertiary/aromatic N) is 1. The van der Waals surface area contributed by atoms with Gasteiger partial charge in [0.1, 0.15) is 11.5 Å². The third kappa shape index (κ3) is 4.66. The Labute approximate surface area is 122 Å². The highest BCUT2D eigenvalue weighted by Crippen LogP contribution is 2.40. The summed E-state index contributed by atoms with van der Waals surface area (Å²) in [6.45, 7) is 0. The molecule has 1 aromatic carbocycles. The van der Waals surface area contributed by atoms with Crippen LogP contribution in [0.25, 0.3) is 0 Å². The molecule has 0 bridgehead atoms. The Morgan fingerprint density at radius 3 is 2.50 bits per heavy atom. The number of rotatable bonds is 3. The van der Waals surface area contributed by atoms with Crippen LogP contribution < -0.4 is 10.5 Å². The quantitative estimate of drug-likeness (QED) is 0.458. The molecule has 18 heavy (non-hydrogen) atoms. The van der Waals surface area contributed by atoms with Gasteiger partial charge in [0, 0.05) is 8.95 Å².